The Labute approximate surface area is 189 Å². The average Bonchev–Trinajstić information content (AvgIpc) is 3.53. The van der Waals surface area contributed by atoms with E-state index >= 15 is 0 Å². The van der Waals surface area contributed by atoms with Gasteiger partial charge in [0, 0.05) is 36.0 Å². The molecule has 32 heavy (non-hydrogen) atoms. The number of sulfonamides is 1. The number of anilines is 3. The Kier molecular flexibility index (Phi) is 5.07. The Bertz CT molecular complexity index is 1310. The summed E-state index contributed by atoms with van der Waals surface area (Å²) in [4.78, 5) is 21.1. The van der Waals surface area contributed by atoms with Crippen molar-refractivity contribution in [3.05, 3.63) is 65.2 Å². The predicted octanol–water partition coefficient (Wildman–Crippen LogP) is 2.98. The van der Waals surface area contributed by atoms with Gasteiger partial charge in [-0.1, -0.05) is 6.07 Å². The van der Waals surface area contributed by atoms with Crippen LogP contribution in [0, 0.1) is 11.3 Å². The number of hydrogen-bond donors (Lipinski definition) is 1. The first-order valence-corrected chi connectivity index (χ1v) is 12.5. The third-order valence-electron chi connectivity index (χ3n) is 5.85. The van der Waals surface area contributed by atoms with Crippen molar-refractivity contribution in [3.63, 3.8) is 0 Å². The minimum absolute atomic E-state index is 0.0169. The van der Waals surface area contributed by atoms with E-state index < -0.39 is 10.0 Å². The number of rotatable bonds is 5. The van der Waals surface area contributed by atoms with Crippen LogP contribution in [-0.4, -0.2) is 38.4 Å². The summed E-state index contributed by atoms with van der Waals surface area (Å²) in [5.74, 6) is -0.0169. The van der Waals surface area contributed by atoms with Crippen LogP contribution in [0.1, 0.15) is 17.5 Å². The van der Waals surface area contributed by atoms with Gasteiger partial charge in [-0.25, -0.2) is 13.4 Å². The normalized spacial score (nSPS) is 18.0. The van der Waals surface area contributed by atoms with Crippen molar-refractivity contribution in [2.75, 3.05) is 27.6 Å². The Morgan fingerprint density at radius 2 is 1.97 bits per heavy atom. The molecule has 5 rings (SSSR count). The summed E-state index contributed by atoms with van der Waals surface area (Å²) in [5, 5.41) is 11.3. The SMILES string of the molecule is N#Cc1cccc2c1CCN2[C@@H]1CCN(c2ccc(S(=O)(=O)Nc3nccs3)cc2)C1=O. The van der Waals surface area contributed by atoms with Gasteiger partial charge in [-0.3, -0.25) is 9.52 Å². The number of amides is 1. The lowest BCUT2D eigenvalue weighted by Crippen LogP contribution is -2.41. The number of nitrogens with one attached hydrogen (secondary N) is 1. The van der Waals surface area contributed by atoms with Crippen LogP contribution in [0.15, 0.2) is 58.9 Å². The molecule has 2 aromatic carbocycles. The Hall–Kier alpha value is -3.42. The van der Waals surface area contributed by atoms with Crippen molar-refractivity contribution >= 4 is 43.8 Å². The van der Waals surface area contributed by atoms with Gasteiger partial charge in [0.1, 0.15) is 6.04 Å². The molecule has 0 unspecified atom stereocenters. The molecule has 1 N–H and O–H groups in total. The third kappa shape index (κ3) is 3.49. The number of thiazole rings is 1. The van der Waals surface area contributed by atoms with Crippen LogP contribution in [0.25, 0.3) is 0 Å². The number of carbonyl (C=O) groups is 1. The first-order valence-electron chi connectivity index (χ1n) is 10.1. The van der Waals surface area contributed by atoms with Crippen LogP contribution in [-0.2, 0) is 21.2 Å². The summed E-state index contributed by atoms with van der Waals surface area (Å²) >= 11 is 1.20. The van der Waals surface area contributed by atoms with Crippen molar-refractivity contribution in [2.45, 2.75) is 23.8 Å². The van der Waals surface area contributed by atoms with Crippen molar-refractivity contribution in [3.8, 4) is 6.07 Å². The van der Waals surface area contributed by atoms with Crippen LogP contribution < -0.4 is 14.5 Å². The molecule has 0 aliphatic carbocycles. The highest BCUT2D eigenvalue weighted by atomic mass is 32.2. The molecule has 0 saturated carbocycles. The van der Waals surface area contributed by atoms with Crippen LogP contribution in [0.5, 0.6) is 0 Å². The van der Waals surface area contributed by atoms with Crippen molar-refractivity contribution in [1.29, 1.82) is 5.26 Å². The topological polar surface area (TPSA) is 106 Å². The van der Waals surface area contributed by atoms with Gasteiger partial charge in [-0.05, 0) is 54.8 Å². The second kappa shape index (κ2) is 7.93. The Balaban J connectivity index is 1.34. The van der Waals surface area contributed by atoms with Gasteiger partial charge in [0.15, 0.2) is 5.13 Å². The van der Waals surface area contributed by atoms with E-state index in [1.54, 1.807) is 22.4 Å². The van der Waals surface area contributed by atoms with Gasteiger partial charge in [0.2, 0.25) is 5.91 Å². The molecule has 1 amide bonds. The highest BCUT2D eigenvalue weighted by molar-refractivity contribution is 7.93. The molecule has 8 nitrogen and oxygen atoms in total. The molecule has 10 heteroatoms. The number of fused-ring (bicyclic) bond motifs is 1. The number of aromatic nitrogens is 1. The molecule has 3 aromatic rings. The Morgan fingerprint density at radius 3 is 2.69 bits per heavy atom. The van der Waals surface area contributed by atoms with Gasteiger partial charge < -0.3 is 9.80 Å². The van der Waals surface area contributed by atoms with Crippen molar-refractivity contribution in [1.82, 2.24) is 4.98 Å². The number of hydrogen-bond acceptors (Lipinski definition) is 7. The average molecular weight is 466 g/mol. The van der Waals surface area contributed by atoms with Gasteiger partial charge in [0.05, 0.1) is 16.5 Å². The summed E-state index contributed by atoms with van der Waals surface area (Å²) in [6.45, 7) is 1.26. The maximum atomic E-state index is 13.2. The van der Waals surface area contributed by atoms with E-state index in [9.17, 15) is 18.5 Å². The largest absolute Gasteiger partial charge is 0.359 e. The molecule has 1 atom stereocenters. The minimum Gasteiger partial charge on any atom is -0.359 e. The molecule has 0 radical (unpaired) electrons. The lowest BCUT2D eigenvalue weighted by molar-refractivity contribution is -0.118. The first-order chi connectivity index (χ1) is 15.5. The standard InChI is InChI=1S/C22H19N5O3S2/c23-14-15-2-1-3-19-18(15)8-11-27(19)20-9-12-26(21(20)28)16-4-6-17(7-5-16)32(29,30)25-22-24-10-13-31-22/h1-7,10,13,20H,8-9,11-12H2,(H,24,25)/t20-/m1/s1. The summed E-state index contributed by atoms with van der Waals surface area (Å²) in [5.41, 5.74) is 3.29. The summed E-state index contributed by atoms with van der Waals surface area (Å²) in [7, 11) is -3.74. The predicted molar refractivity (Wildman–Crippen MR) is 122 cm³/mol. The lowest BCUT2D eigenvalue weighted by Gasteiger charge is -2.26. The number of nitriles is 1. The Morgan fingerprint density at radius 1 is 1.16 bits per heavy atom. The zero-order valence-electron chi connectivity index (χ0n) is 16.9. The van der Waals surface area contributed by atoms with E-state index in [-0.39, 0.29) is 16.8 Å². The second-order valence-corrected chi connectivity index (χ2v) is 10.2. The summed E-state index contributed by atoms with van der Waals surface area (Å²) in [6.07, 6.45) is 2.95. The number of carbonyl (C=O) groups excluding carboxylic acids is 1. The molecule has 1 saturated heterocycles. The molecule has 3 heterocycles. The van der Waals surface area contributed by atoms with E-state index in [0.29, 0.717) is 35.9 Å². The van der Waals surface area contributed by atoms with Crippen LogP contribution in [0.3, 0.4) is 0 Å². The number of benzene rings is 2. The van der Waals surface area contributed by atoms with Crippen LogP contribution >= 0.6 is 11.3 Å². The van der Waals surface area contributed by atoms with E-state index in [2.05, 4.69) is 20.7 Å². The van der Waals surface area contributed by atoms with Gasteiger partial charge in [0.25, 0.3) is 10.0 Å². The van der Waals surface area contributed by atoms with E-state index in [0.717, 1.165) is 17.7 Å². The maximum absolute atomic E-state index is 13.2. The van der Waals surface area contributed by atoms with E-state index in [1.807, 2.05) is 18.2 Å². The third-order valence-corrected chi connectivity index (χ3v) is 8.02. The molecule has 1 fully saturated rings. The maximum Gasteiger partial charge on any atom is 0.263 e. The molecular weight excluding hydrogens is 446 g/mol. The fraction of sp³-hybridized carbons (Fsp3) is 0.227. The smallest absolute Gasteiger partial charge is 0.263 e. The lowest BCUT2D eigenvalue weighted by atomic mass is 10.1. The highest BCUT2D eigenvalue weighted by Gasteiger charge is 2.39. The molecule has 1 aromatic heterocycles. The molecule has 162 valence electrons. The van der Waals surface area contributed by atoms with Crippen LogP contribution in [0.4, 0.5) is 16.5 Å². The quantitative estimate of drug-likeness (QED) is 0.621. The second-order valence-electron chi connectivity index (χ2n) is 7.59. The van der Waals surface area contributed by atoms with E-state index in [4.69, 9.17) is 0 Å². The van der Waals surface area contributed by atoms with Gasteiger partial charge in [-0.2, -0.15) is 5.26 Å². The van der Waals surface area contributed by atoms with Crippen molar-refractivity contribution < 1.29 is 13.2 Å². The molecular formula is C22H19N5O3S2. The zero-order valence-corrected chi connectivity index (χ0v) is 18.6. The van der Waals surface area contributed by atoms with Gasteiger partial charge >= 0.3 is 0 Å². The monoisotopic (exact) mass is 465 g/mol. The molecule has 2 aliphatic rings. The fourth-order valence-corrected chi connectivity index (χ4v) is 6.14. The first kappa shape index (κ1) is 20.5. The van der Waals surface area contributed by atoms with Gasteiger partial charge in [-0.15, -0.1) is 11.3 Å². The van der Waals surface area contributed by atoms with Crippen molar-refractivity contribution in [2.24, 2.45) is 0 Å². The van der Waals surface area contributed by atoms with Crippen LogP contribution in [0.2, 0.25) is 0 Å². The molecule has 2 aliphatic heterocycles. The number of nitrogens with zero attached hydrogens (tertiary/aromatic N) is 4. The zero-order chi connectivity index (χ0) is 22.3. The molecule has 0 bridgehead atoms. The summed E-state index contributed by atoms with van der Waals surface area (Å²) < 4.78 is 27.5. The summed E-state index contributed by atoms with van der Waals surface area (Å²) in [6, 6.07) is 13.9. The minimum atomic E-state index is -3.74. The fourth-order valence-electron chi connectivity index (χ4n) is 4.35. The highest BCUT2D eigenvalue weighted by Crippen LogP contribution is 2.35. The molecule has 0 spiro atoms. The van der Waals surface area contributed by atoms with E-state index in [1.165, 1.54) is 29.7 Å².